The highest BCUT2D eigenvalue weighted by molar-refractivity contribution is 7.90. The lowest BCUT2D eigenvalue weighted by atomic mass is 10.1. The van der Waals surface area contributed by atoms with Gasteiger partial charge in [-0.2, -0.15) is 0 Å². The average molecular weight is 376 g/mol. The number of aliphatic imine (C=N–C) groups is 1. The third-order valence-corrected chi connectivity index (χ3v) is 8.16. The molecule has 2 N–H and O–H groups in total. The monoisotopic (exact) mass is 376 g/mol. The molecule has 1 aromatic rings. The molecule has 26 heavy (non-hydrogen) atoms. The van der Waals surface area contributed by atoms with Crippen LogP contribution in [0.4, 0.5) is 0 Å². The number of hydrogen-bond donors (Lipinski definition) is 2. The Morgan fingerprint density at radius 1 is 1.15 bits per heavy atom. The Morgan fingerprint density at radius 2 is 2.00 bits per heavy atom. The van der Waals surface area contributed by atoms with Gasteiger partial charge in [0.1, 0.15) is 12.0 Å². The number of fused-ring (bicyclic) bond motifs is 3. The first kappa shape index (κ1) is 16.4. The third-order valence-electron chi connectivity index (χ3n) is 6.15. The van der Waals surface area contributed by atoms with Gasteiger partial charge in [-0.25, -0.2) is 13.1 Å². The molecule has 2 fully saturated rings. The Labute approximate surface area is 153 Å². The van der Waals surface area contributed by atoms with Gasteiger partial charge in [-0.15, -0.1) is 10.2 Å². The van der Waals surface area contributed by atoms with Crippen LogP contribution in [0.25, 0.3) is 0 Å². The molecule has 0 aromatic carbocycles. The molecule has 8 nitrogen and oxygen atoms in total. The maximum atomic E-state index is 12.6. The molecule has 0 radical (unpaired) electrons. The van der Waals surface area contributed by atoms with Crippen LogP contribution < -0.4 is 10.0 Å². The molecule has 2 unspecified atom stereocenters. The summed E-state index contributed by atoms with van der Waals surface area (Å²) in [7, 11) is -3.20. The van der Waals surface area contributed by atoms with Gasteiger partial charge in [-0.3, -0.25) is 9.56 Å². The molecule has 0 bridgehead atoms. The Morgan fingerprint density at radius 3 is 2.85 bits per heavy atom. The molecule has 2 aliphatic heterocycles. The Hall–Kier alpha value is -1.74. The van der Waals surface area contributed by atoms with Gasteiger partial charge in [-0.05, 0) is 44.4 Å². The number of rotatable bonds is 4. The molecule has 2 saturated carbocycles. The van der Waals surface area contributed by atoms with E-state index in [0.717, 1.165) is 56.6 Å². The lowest BCUT2D eigenvalue weighted by molar-refractivity contribution is 0.441. The lowest BCUT2D eigenvalue weighted by Crippen LogP contribution is -2.39. The topological polar surface area (TPSA) is 101 Å². The first-order valence-electron chi connectivity index (χ1n) is 9.54. The van der Waals surface area contributed by atoms with Crippen LogP contribution in [0.1, 0.15) is 68.6 Å². The zero-order valence-electron chi connectivity index (χ0n) is 14.6. The van der Waals surface area contributed by atoms with E-state index in [4.69, 9.17) is 0 Å². The zero-order valence-corrected chi connectivity index (χ0v) is 15.4. The largest absolute Gasteiger partial charge is 0.368 e. The minimum atomic E-state index is -3.20. The van der Waals surface area contributed by atoms with Gasteiger partial charge in [0, 0.05) is 12.0 Å². The van der Waals surface area contributed by atoms with Crippen LogP contribution in [0.3, 0.4) is 0 Å². The van der Waals surface area contributed by atoms with Gasteiger partial charge >= 0.3 is 0 Å². The fourth-order valence-corrected chi connectivity index (χ4v) is 6.63. The highest BCUT2D eigenvalue weighted by Gasteiger charge is 2.38. The normalized spacial score (nSPS) is 33.4. The second-order valence-electron chi connectivity index (χ2n) is 7.80. The molecule has 9 heteroatoms. The Kier molecular flexibility index (Phi) is 3.89. The van der Waals surface area contributed by atoms with E-state index in [0.29, 0.717) is 0 Å². The van der Waals surface area contributed by atoms with E-state index in [1.165, 1.54) is 0 Å². The molecular formula is C17H24N6O2S. The van der Waals surface area contributed by atoms with Crippen molar-refractivity contribution in [2.45, 2.75) is 74.4 Å². The zero-order chi connectivity index (χ0) is 17.7. The number of aromatic nitrogens is 3. The summed E-state index contributed by atoms with van der Waals surface area (Å²) >= 11 is 0. The molecule has 1 aromatic heterocycles. The molecule has 5 rings (SSSR count). The van der Waals surface area contributed by atoms with Crippen LogP contribution in [-0.4, -0.2) is 46.9 Å². The van der Waals surface area contributed by atoms with Crippen molar-refractivity contribution < 1.29 is 8.42 Å². The summed E-state index contributed by atoms with van der Waals surface area (Å²) in [6, 6.07) is 0.109. The molecule has 140 valence electrons. The van der Waals surface area contributed by atoms with E-state index in [1.54, 1.807) is 6.21 Å². The molecule has 4 aliphatic rings. The lowest BCUT2D eigenvalue weighted by Gasteiger charge is -2.25. The van der Waals surface area contributed by atoms with Crippen molar-refractivity contribution >= 4 is 16.2 Å². The van der Waals surface area contributed by atoms with Crippen molar-refractivity contribution in [2.75, 3.05) is 0 Å². The van der Waals surface area contributed by atoms with Crippen molar-refractivity contribution in [3.8, 4) is 0 Å². The van der Waals surface area contributed by atoms with Gasteiger partial charge in [-0.1, -0.05) is 12.8 Å². The summed E-state index contributed by atoms with van der Waals surface area (Å²) in [6.45, 7) is 0. The average Bonchev–Trinajstić information content (AvgIpc) is 3.38. The van der Waals surface area contributed by atoms with Gasteiger partial charge in [0.2, 0.25) is 10.0 Å². The van der Waals surface area contributed by atoms with Crippen LogP contribution >= 0.6 is 0 Å². The fraction of sp³-hybridized carbons (Fsp3) is 0.706. The standard InChI is InChI=1S/C17H24N6O2S/c24-26(25,13-3-1-2-4-13)22-12-6-5-11(9-12)17-21-20-15-10-19-16-14(23(15)17)7-8-18-16/h7-8,10-14,16,18,22H,1-6,9H2/t11-,12+,14?,16?/m1/s1. The first-order valence-corrected chi connectivity index (χ1v) is 11.1. The van der Waals surface area contributed by atoms with E-state index in [1.807, 2.05) is 6.20 Å². The second-order valence-corrected chi connectivity index (χ2v) is 9.79. The molecule has 2 aliphatic carbocycles. The summed E-state index contributed by atoms with van der Waals surface area (Å²) in [4.78, 5) is 4.47. The van der Waals surface area contributed by atoms with E-state index in [9.17, 15) is 8.42 Å². The summed E-state index contributed by atoms with van der Waals surface area (Å²) in [6.07, 6.45) is 12.0. The predicted octanol–water partition coefficient (Wildman–Crippen LogP) is 1.19. The third kappa shape index (κ3) is 2.68. The van der Waals surface area contributed by atoms with Crippen molar-refractivity contribution in [3.63, 3.8) is 0 Å². The van der Waals surface area contributed by atoms with Crippen molar-refractivity contribution in [3.05, 3.63) is 23.9 Å². The van der Waals surface area contributed by atoms with E-state index < -0.39 is 10.0 Å². The number of nitrogens with zero attached hydrogens (tertiary/aromatic N) is 4. The second kappa shape index (κ2) is 6.16. The van der Waals surface area contributed by atoms with Crippen LogP contribution in [0.5, 0.6) is 0 Å². The van der Waals surface area contributed by atoms with Gasteiger partial charge in [0.05, 0.1) is 17.5 Å². The highest BCUT2D eigenvalue weighted by atomic mass is 32.2. The summed E-state index contributed by atoms with van der Waals surface area (Å²) in [5, 5.41) is 11.8. The molecular weight excluding hydrogens is 352 g/mol. The van der Waals surface area contributed by atoms with E-state index >= 15 is 0 Å². The van der Waals surface area contributed by atoms with Crippen molar-refractivity contribution in [2.24, 2.45) is 4.99 Å². The molecule has 0 spiro atoms. The van der Waals surface area contributed by atoms with Crippen LogP contribution in [0.2, 0.25) is 0 Å². The molecule has 3 heterocycles. The minimum Gasteiger partial charge on any atom is -0.368 e. The molecule has 4 atom stereocenters. The summed E-state index contributed by atoms with van der Waals surface area (Å²) < 4.78 is 30.3. The number of hydrogen-bond acceptors (Lipinski definition) is 6. The quantitative estimate of drug-likeness (QED) is 0.822. The van der Waals surface area contributed by atoms with Crippen LogP contribution in [0.15, 0.2) is 17.3 Å². The highest BCUT2D eigenvalue weighted by Crippen LogP contribution is 2.37. The number of sulfonamides is 1. The van der Waals surface area contributed by atoms with E-state index in [-0.39, 0.29) is 29.4 Å². The van der Waals surface area contributed by atoms with Gasteiger partial charge in [0.25, 0.3) is 0 Å². The Balaban J connectivity index is 1.32. The van der Waals surface area contributed by atoms with Gasteiger partial charge in [0.15, 0.2) is 5.82 Å². The van der Waals surface area contributed by atoms with Crippen LogP contribution in [-0.2, 0) is 10.0 Å². The maximum absolute atomic E-state index is 12.6. The summed E-state index contributed by atoms with van der Waals surface area (Å²) in [5.74, 6) is 1.97. The maximum Gasteiger partial charge on any atom is 0.214 e. The smallest absolute Gasteiger partial charge is 0.214 e. The summed E-state index contributed by atoms with van der Waals surface area (Å²) in [5.41, 5.74) is 0. The van der Waals surface area contributed by atoms with Crippen LogP contribution in [0, 0.1) is 0 Å². The first-order chi connectivity index (χ1) is 12.6. The number of nitrogens with one attached hydrogen (secondary N) is 2. The van der Waals surface area contributed by atoms with E-state index in [2.05, 4.69) is 35.9 Å². The SMILES string of the molecule is O=S(=O)(N[C@H]1CC[C@@H](c2nnc3n2C2C=CNC2N=C3)C1)C1CCCC1. The van der Waals surface area contributed by atoms with Crippen molar-refractivity contribution in [1.82, 2.24) is 24.8 Å². The predicted molar refractivity (Wildman–Crippen MR) is 97.4 cm³/mol. The molecule has 0 amide bonds. The Bertz CT molecular complexity index is 855. The van der Waals surface area contributed by atoms with Gasteiger partial charge < -0.3 is 5.32 Å². The minimum absolute atomic E-state index is 0.00356. The van der Waals surface area contributed by atoms with Crippen molar-refractivity contribution in [1.29, 1.82) is 0 Å². The fourth-order valence-electron chi connectivity index (χ4n) is 4.80. The molecule has 0 saturated heterocycles.